The highest BCUT2D eigenvalue weighted by Crippen LogP contribution is 2.32. The molecule has 1 atom stereocenters. The molecule has 0 bridgehead atoms. The third-order valence-corrected chi connectivity index (χ3v) is 6.42. The van der Waals surface area contributed by atoms with E-state index in [1.165, 1.54) is 0 Å². The number of carbonyl (C=O) groups is 2. The number of nitrogens with one attached hydrogen (secondary N) is 2. The highest BCUT2D eigenvalue weighted by Gasteiger charge is 2.26. The Morgan fingerprint density at radius 2 is 1.46 bits per heavy atom. The Hall–Kier alpha value is -3.36. The molecule has 0 saturated carbocycles. The molecule has 0 radical (unpaired) electrons. The van der Waals surface area contributed by atoms with Gasteiger partial charge in [0.25, 0.3) is 11.8 Å². The van der Waals surface area contributed by atoms with Crippen LogP contribution in [0.4, 0.5) is 0 Å². The van der Waals surface area contributed by atoms with Gasteiger partial charge in [-0.15, -0.1) is 0 Å². The van der Waals surface area contributed by atoms with E-state index in [0.29, 0.717) is 30.4 Å². The summed E-state index contributed by atoms with van der Waals surface area (Å²) in [5.41, 5.74) is 9.11. The fourth-order valence-corrected chi connectivity index (χ4v) is 4.51. The molecule has 1 aliphatic carbocycles. The van der Waals surface area contributed by atoms with Gasteiger partial charge in [0.05, 0.1) is 17.2 Å². The summed E-state index contributed by atoms with van der Waals surface area (Å²) in [6, 6.07) is 11.7. The fraction of sp³-hybridized carbons (Fsp3) is 0.471. The first-order valence-corrected chi connectivity index (χ1v) is 13.8. The van der Waals surface area contributed by atoms with Crippen LogP contribution in [0, 0.1) is 5.41 Å². The summed E-state index contributed by atoms with van der Waals surface area (Å²) in [7, 11) is 0. The maximum Gasteiger partial charge on any atom is 0.252 e. The van der Waals surface area contributed by atoms with Crippen molar-refractivity contribution in [3.8, 4) is 0 Å². The molecule has 2 amide bonds. The van der Waals surface area contributed by atoms with Gasteiger partial charge in [0.2, 0.25) is 0 Å². The number of fused-ring (bicyclic) bond motifs is 1. The molecule has 2 aromatic carbocycles. The third kappa shape index (κ3) is 8.31. The third-order valence-electron chi connectivity index (χ3n) is 6.42. The maximum absolute atomic E-state index is 13.4. The van der Waals surface area contributed by atoms with Crippen LogP contribution in [0.15, 0.2) is 70.7 Å². The summed E-state index contributed by atoms with van der Waals surface area (Å²) < 4.78 is 0. The van der Waals surface area contributed by atoms with Crippen LogP contribution in [0.2, 0.25) is 0 Å². The molecule has 5 nitrogen and oxygen atoms in total. The number of allylic oxidation sites excluding steroid dienone is 2. The van der Waals surface area contributed by atoms with Crippen molar-refractivity contribution in [1.82, 2.24) is 10.6 Å². The number of benzene rings is 2. The molecule has 3 N–H and O–H groups in total. The minimum Gasteiger partial charge on any atom is -0.393 e. The summed E-state index contributed by atoms with van der Waals surface area (Å²) in [5.74, 6) is -0.304. The quantitative estimate of drug-likeness (QED) is 0.356. The number of amides is 2. The molecule has 3 rings (SSSR count). The van der Waals surface area contributed by atoms with E-state index in [0.717, 1.165) is 27.5 Å². The summed E-state index contributed by atoms with van der Waals surface area (Å²) in [5, 5.41) is 19.1. The minimum absolute atomic E-state index is 0.150. The number of carbonyl (C=O) groups excluding carboxylic acids is 2. The average molecular weight is 529 g/mol. The SMILES string of the molecule is CC(C)(C)NC(=O)C1=CC(C(C)(C)C)=C=C=C1CC[C@@H](O)Cc1ccc2ccccc2c1C(=O)NC(C)(C)C. The Bertz CT molecular complexity index is 1390. The molecule has 0 unspecified atom stereocenters. The van der Waals surface area contributed by atoms with E-state index in [1.54, 1.807) is 0 Å². The predicted octanol–water partition coefficient (Wildman–Crippen LogP) is 6.56. The van der Waals surface area contributed by atoms with Crippen LogP contribution >= 0.6 is 0 Å². The number of aliphatic hydroxyl groups is 1. The van der Waals surface area contributed by atoms with Crippen LogP contribution in [0.3, 0.4) is 0 Å². The first kappa shape index (κ1) is 30.2. The second kappa shape index (κ2) is 11.4. The van der Waals surface area contributed by atoms with E-state index in [1.807, 2.05) is 84.0 Å². The highest BCUT2D eigenvalue weighted by molar-refractivity contribution is 6.08. The largest absolute Gasteiger partial charge is 0.393 e. The molecule has 39 heavy (non-hydrogen) atoms. The molecule has 2 aromatic rings. The lowest BCUT2D eigenvalue weighted by atomic mass is 9.82. The van der Waals surface area contributed by atoms with Gasteiger partial charge in [-0.2, -0.15) is 0 Å². The van der Waals surface area contributed by atoms with Crippen molar-refractivity contribution in [2.75, 3.05) is 0 Å². The maximum atomic E-state index is 13.4. The first-order chi connectivity index (χ1) is 17.9. The van der Waals surface area contributed by atoms with Gasteiger partial charge in [0.15, 0.2) is 0 Å². The number of hydrogen-bond acceptors (Lipinski definition) is 3. The van der Waals surface area contributed by atoms with Crippen molar-refractivity contribution in [3.05, 3.63) is 81.8 Å². The molecule has 208 valence electrons. The van der Waals surface area contributed by atoms with E-state index in [9.17, 15) is 14.7 Å². The molecule has 0 spiro atoms. The van der Waals surface area contributed by atoms with Gasteiger partial charge in [0, 0.05) is 22.2 Å². The van der Waals surface area contributed by atoms with Crippen LogP contribution in [-0.4, -0.2) is 34.1 Å². The Kier molecular flexibility index (Phi) is 8.82. The summed E-state index contributed by atoms with van der Waals surface area (Å²) in [6.07, 6.45) is 2.40. The van der Waals surface area contributed by atoms with E-state index in [4.69, 9.17) is 0 Å². The lowest BCUT2D eigenvalue weighted by molar-refractivity contribution is -0.118. The Morgan fingerprint density at radius 1 is 0.846 bits per heavy atom. The van der Waals surface area contributed by atoms with Crippen LogP contribution in [0.25, 0.3) is 10.8 Å². The lowest BCUT2D eigenvalue weighted by Crippen LogP contribution is -2.41. The number of hydrogen-bond donors (Lipinski definition) is 3. The molecule has 0 heterocycles. The Morgan fingerprint density at radius 3 is 2.08 bits per heavy atom. The van der Waals surface area contributed by atoms with Crippen LogP contribution in [0.1, 0.15) is 91.1 Å². The molecule has 0 fully saturated rings. The monoisotopic (exact) mass is 528 g/mol. The normalized spacial score (nSPS) is 14.9. The van der Waals surface area contributed by atoms with Gasteiger partial charge < -0.3 is 15.7 Å². The number of aliphatic hydroxyl groups excluding tert-OH is 1. The zero-order valence-electron chi connectivity index (χ0n) is 25.0. The summed E-state index contributed by atoms with van der Waals surface area (Å²) >= 11 is 0. The van der Waals surface area contributed by atoms with Crippen LogP contribution in [0.5, 0.6) is 0 Å². The Labute approximate surface area is 233 Å². The van der Waals surface area contributed by atoms with Crippen molar-refractivity contribution < 1.29 is 14.7 Å². The number of rotatable bonds is 7. The molecule has 0 aliphatic heterocycles. The molecular formula is C34H44N2O3. The standard InChI is InChI=1S/C34H44N2O3/c1-32(2,3)25-18-16-23(28(21-25)30(38)35-33(4,5)6)17-19-26(37)20-24-15-14-22-12-10-11-13-27(22)29(24)31(39)36-34(7,8)9/h10-15,21,26,37H,17,19-20H2,1-9H3,(H,35,38)(H,36,39)/t26-/m1/s1. The average Bonchev–Trinajstić information content (AvgIpc) is 2.79. The van der Waals surface area contributed by atoms with Gasteiger partial charge in [-0.3, -0.25) is 9.59 Å². The van der Waals surface area contributed by atoms with Gasteiger partial charge >= 0.3 is 0 Å². The van der Waals surface area contributed by atoms with Crippen molar-refractivity contribution in [2.45, 2.75) is 98.8 Å². The molecule has 0 aromatic heterocycles. The molecule has 0 saturated heterocycles. The van der Waals surface area contributed by atoms with Crippen LogP contribution in [-0.2, 0) is 11.2 Å². The van der Waals surface area contributed by atoms with E-state index in [2.05, 4.69) is 42.9 Å². The summed E-state index contributed by atoms with van der Waals surface area (Å²) in [6.45, 7) is 18.0. The topological polar surface area (TPSA) is 78.4 Å². The van der Waals surface area contributed by atoms with Gasteiger partial charge in [-0.25, -0.2) is 0 Å². The molecular weight excluding hydrogens is 484 g/mol. The zero-order chi connectivity index (χ0) is 29.2. The second-order valence-corrected chi connectivity index (χ2v) is 13.6. The fourth-order valence-electron chi connectivity index (χ4n) is 4.51. The summed E-state index contributed by atoms with van der Waals surface area (Å²) in [4.78, 5) is 26.6. The molecule has 5 heteroatoms. The van der Waals surface area contributed by atoms with E-state index < -0.39 is 6.10 Å². The van der Waals surface area contributed by atoms with Crippen molar-refractivity contribution >= 4 is 22.6 Å². The highest BCUT2D eigenvalue weighted by atomic mass is 16.3. The van der Waals surface area contributed by atoms with E-state index >= 15 is 0 Å². The second-order valence-electron chi connectivity index (χ2n) is 13.6. The Balaban J connectivity index is 1.87. The van der Waals surface area contributed by atoms with Gasteiger partial charge in [-0.1, -0.05) is 68.6 Å². The molecule has 1 aliphatic rings. The smallest absolute Gasteiger partial charge is 0.252 e. The van der Waals surface area contributed by atoms with Gasteiger partial charge in [-0.05, 0) is 88.6 Å². The van der Waals surface area contributed by atoms with Crippen LogP contribution < -0.4 is 10.6 Å². The van der Waals surface area contributed by atoms with Gasteiger partial charge in [0.1, 0.15) is 0 Å². The zero-order valence-corrected chi connectivity index (χ0v) is 25.0. The van der Waals surface area contributed by atoms with Crippen molar-refractivity contribution in [3.63, 3.8) is 0 Å². The minimum atomic E-state index is -0.707. The first-order valence-electron chi connectivity index (χ1n) is 13.8. The van der Waals surface area contributed by atoms with Crippen molar-refractivity contribution in [1.29, 1.82) is 0 Å². The lowest BCUT2D eigenvalue weighted by Gasteiger charge is -2.25. The van der Waals surface area contributed by atoms with E-state index in [-0.39, 0.29) is 28.3 Å². The van der Waals surface area contributed by atoms with Crippen molar-refractivity contribution in [2.24, 2.45) is 5.41 Å². The predicted molar refractivity (Wildman–Crippen MR) is 160 cm³/mol.